The lowest BCUT2D eigenvalue weighted by Crippen LogP contribution is -2.39. The molecule has 1 amide bonds. The third-order valence-corrected chi connectivity index (χ3v) is 4.47. The van der Waals surface area contributed by atoms with Crippen LogP contribution in [0.4, 0.5) is 0 Å². The summed E-state index contributed by atoms with van der Waals surface area (Å²) in [5.41, 5.74) is 0. The SMILES string of the molecule is CCCc1nc(C(=O)N(C)C2CCC(CC)CC2)n[nH]1. The molecule has 112 valence electrons. The summed E-state index contributed by atoms with van der Waals surface area (Å²) in [7, 11) is 1.88. The molecule has 1 heterocycles. The zero-order valence-electron chi connectivity index (χ0n) is 12.9. The first-order chi connectivity index (χ1) is 9.65. The lowest BCUT2D eigenvalue weighted by atomic mass is 9.84. The highest BCUT2D eigenvalue weighted by Gasteiger charge is 2.28. The molecule has 5 nitrogen and oxygen atoms in total. The van der Waals surface area contributed by atoms with E-state index in [0.29, 0.717) is 11.9 Å². The average Bonchev–Trinajstić information content (AvgIpc) is 2.95. The van der Waals surface area contributed by atoms with Gasteiger partial charge in [0.05, 0.1) is 0 Å². The van der Waals surface area contributed by atoms with E-state index < -0.39 is 0 Å². The van der Waals surface area contributed by atoms with Crippen LogP contribution in [0.5, 0.6) is 0 Å². The van der Waals surface area contributed by atoms with Crippen LogP contribution in [0.1, 0.15) is 68.8 Å². The van der Waals surface area contributed by atoms with E-state index in [2.05, 4.69) is 29.0 Å². The zero-order valence-corrected chi connectivity index (χ0v) is 12.9. The maximum absolute atomic E-state index is 12.4. The standard InChI is InChI=1S/C15H26N4O/c1-4-6-13-16-14(18-17-13)15(20)19(3)12-9-7-11(5-2)8-10-12/h11-12H,4-10H2,1-3H3,(H,16,17,18). The van der Waals surface area contributed by atoms with Gasteiger partial charge in [0.25, 0.3) is 5.91 Å². The minimum Gasteiger partial charge on any atom is -0.336 e. The van der Waals surface area contributed by atoms with E-state index in [-0.39, 0.29) is 5.91 Å². The minimum atomic E-state index is -0.0523. The molecule has 1 aromatic heterocycles. The van der Waals surface area contributed by atoms with Gasteiger partial charge in [-0.05, 0) is 38.0 Å². The molecule has 5 heteroatoms. The van der Waals surface area contributed by atoms with Crippen LogP contribution >= 0.6 is 0 Å². The van der Waals surface area contributed by atoms with Crippen molar-refractivity contribution in [1.29, 1.82) is 0 Å². The highest BCUT2D eigenvalue weighted by molar-refractivity contribution is 5.90. The lowest BCUT2D eigenvalue weighted by Gasteiger charge is -2.33. The normalized spacial score (nSPS) is 22.8. The molecule has 0 atom stereocenters. The summed E-state index contributed by atoms with van der Waals surface area (Å²) in [4.78, 5) is 18.5. The number of carbonyl (C=O) groups excluding carboxylic acids is 1. The van der Waals surface area contributed by atoms with Crippen molar-refractivity contribution >= 4 is 5.91 Å². The quantitative estimate of drug-likeness (QED) is 0.901. The van der Waals surface area contributed by atoms with E-state index in [1.807, 2.05) is 11.9 Å². The molecular formula is C15H26N4O. The molecule has 1 aliphatic rings. The van der Waals surface area contributed by atoms with Gasteiger partial charge in [-0.15, -0.1) is 5.10 Å². The van der Waals surface area contributed by atoms with Gasteiger partial charge in [0.15, 0.2) is 0 Å². The molecule has 1 saturated carbocycles. The second kappa shape index (κ2) is 6.86. The summed E-state index contributed by atoms with van der Waals surface area (Å²) < 4.78 is 0. The van der Waals surface area contributed by atoms with Crippen molar-refractivity contribution in [2.24, 2.45) is 5.92 Å². The van der Waals surface area contributed by atoms with Gasteiger partial charge in [-0.1, -0.05) is 20.3 Å². The fourth-order valence-electron chi connectivity index (χ4n) is 3.00. The van der Waals surface area contributed by atoms with Crippen LogP contribution in [-0.4, -0.2) is 39.1 Å². The highest BCUT2D eigenvalue weighted by atomic mass is 16.2. The van der Waals surface area contributed by atoms with Gasteiger partial charge in [0.1, 0.15) is 5.82 Å². The molecular weight excluding hydrogens is 252 g/mol. The van der Waals surface area contributed by atoms with Crippen LogP contribution in [0.2, 0.25) is 0 Å². The van der Waals surface area contributed by atoms with Gasteiger partial charge in [-0.3, -0.25) is 9.89 Å². The van der Waals surface area contributed by atoms with E-state index in [9.17, 15) is 4.79 Å². The number of H-pyrrole nitrogens is 1. The number of hydrogen-bond acceptors (Lipinski definition) is 3. The summed E-state index contributed by atoms with van der Waals surface area (Å²) >= 11 is 0. The molecule has 1 N–H and O–H groups in total. The van der Waals surface area contributed by atoms with E-state index in [1.165, 1.54) is 19.3 Å². The Labute approximate surface area is 121 Å². The molecule has 0 bridgehead atoms. The number of aromatic nitrogens is 3. The predicted octanol–water partition coefficient (Wildman–Crippen LogP) is 2.80. The van der Waals surface area contributed by atoms with Crippen LogP contribution in [0.15, 0.2) is 0 Å². The maximum atomic E-state index is 12.4. The Hall–Kier alpha value is -1.39. The summed E-state index contributed by atoms with van der Waals surface area (Å²) in [5, 5.41) is 6.91. The highest BCUT2D eigenvalue weighted by Crippen LogP contribution is 2.29. The van der Waals surface area contributed by atoms with Crippen LogP contribution in [0.25, 0.3) is 0 Å². The lowest BCUT2D eigenvalue weighted by molar-refractivity contribution is 0.0662. The van der Waals surface area contributed by atoms with Crippen molar-refractivity contribution < 1.29 is 4.79 Å². The van der Waals surface area contributed by atoms with E-state index in [1.54, 1.807) is 0 Å². The van der Waals surface area contributed by atoms with Gasteiger partial charge in [0.2, 0.25) is 5.82 Å². The van der Waals surface area contributed by atoms with Crippen LogP contribution in [0, 0.1) is 5.92 Å². The zero-order chi connectivity index (χ0) is 14.5. The predicted molar refractivity (Wildman–Crippen MR) is 78.5 cm³/mol. The Bertz CT molecular complexity index is 435. The third-order valence-electron chi connectivity index (χ3n) is 4.47. The number of carbonyl (C=O) groups is 1. The van der Waals surface area contributed by atoms with Gasteiger partial charge < -0.3 is 4.90 Å². The first-order valence-corrected chi connectivity index (χ1v) is 7.84. The third kappa shape index (κ3) is 3.38. The number of nitrogens with zero attached hydrogens (tertiary/aromatic N) is 3. The largest absolute Gasteiger partial charge is 0.336 e. The number of amides is 1. The van der Waals surface area contributed by atoms with Crippen molar-refractivity contribution in [2.75, 3.05) is 7.05 Å². The Morgan fingerprint density at radius 3 is 2.60 bits per heavy atom. The van der Waals surface area contributed by atoms with Crippen LogP contribution in [-0.2, 0) is 6.42 Å². The maximum Gasteiger partial charge on any atom is 0.293 e. The molecule has 20 heavy (non-hydrogen) atoms. The van der Waals surface area contributed by atoms with Crippen molar-refractivity contribution in [3.05, 3.63) is 11.6 Å². The Balaban J connectivity index is 1.94. The molecule has 2 rings (SSSR count). The van der Waals surface area contributed by atoms with Gasteiger partial charge >= 0.3 is 0 Å². The summed E-state index contributed by atoms with van der Waals surface area (Å²) in [5.74, 6) is 1.91. The van der Waals surface area contributed by atoms with E-state index in [0.717, 1.165) is 37.4 Å². The molecule has 0 spiro atoms. The first kappa shape index (κ1) is 15.0. The number of hydrogen-bond donors (Lipinski definition) is 1. The monoisotopic (exact) mass is 278 g/mol. The Morgan fingerprint density at radius 1 is 1.30 bits per heavy atom. The topological polar surface area (TPSA) is 61.9 Å². The van der Waals surface area contributed by atoms with Gasteiger partial charge in [0, 0.05) is 19.5 Å². The second-order valence-corrected chi connectivity index (χ2v) is 5.85. The smallest absolute Gasteiger partial charge is 0.293 e. The van der Waals surface area contributed by atoms with Gasteiger partial charge in [-0.2, -0.15) is 0 Å². The fourth-order valence-corrected chi connectivity index (χ4v) is 3.00. The molecule has 0 unspecified atom stereocenters. The second-order valence-electron chi connectivity index (χ2n) is 5.85. The van der Waals surface area contributed by atoms with Gasteiger partial charge in [-0.25, -0.2) is 4.98 Å². The molecule has 0 aliphatic heterocycles. The summed E-state index contributed by atoms with van der Waals surface area (Å²) in [6.07, 6.45) is 7.76. The molecule has 0 aromatic carbocycles. The number of nitrogens with one attached hydrogen (secondary N) is 1. The van der Waals surface area contributed by atoms with E-state index >= 15 is 0 Å². The van der Waals surface area contributed by atoms with Crippen LogP contribution in [0.3, 0.4) is 0 Å². The van der Waals surface area contributed by atoms with Crippen molar-refractivity contribution in [2.45, 2.75) is 64.8 Å². The Morgan fingerprint density at radius 2 is 2.00 bits per heavy atom. The van der Waals surface area contributed by atoms with E-state index in [4.69, 9.17) is 0 Å². The average molecular weight is 278 g/mol. The van der Waals surface area contributed by atoms with Crippen molar-refractivity contribution in [1.82, 2.24) is 20.1 Å². The Kier molecular flexibility index (Phi) is 5.15. The molecule has 1 aromatic rings. The molecule has 1 aliphatic carbocycles. The fraction of sp³-hybridized carbons (Fsp3) is 0.800. The molecule has 1 fully saturated rings. The number of aromatic amines is 1. The van der Waals surface area contributed by atoms with Crippen molar-refractivity contribution in [3.63, 3.8) is 0 Å². The summed E-state index contributed by atoms with van der Waals surface area (Å²) in [6.45, 7) is 4.34. The molecule has 0 radical (unpaired) electrons. The first-order valence-electron chi connectivity index (χ1n) is 7.84. The number of aryl methyl sites for hydroxylation is 1. The molecule has 0 saturated heterocycles. The van der Waals surface area contributed by atoms with Crippen LogP contribution < -0.4 is 0 Å². The number of rotatable bonds is 5. The minimum absolute atomic E-state index is 0.0523. The van der Waals surface area contributed by atoms with Crippen molar-refractivity contribution in [3.8, 4) is 0 Å². The summed E-state index contributed by atoms with van der Waals surface area (Å²) in [6, 6.07) is 0.346.